The lowest BCUT2D eigenvalue weighted by Crippen LogP contribution is -2.59. The minimum absolute atomic E-state index is 0.00774. The smallest absolute Gasteiger partial charge is 0.243 e. The molecular weight excluding hydrogens is 672 g/mol. The third kappa shape index (κ3) is 16.2. The maximum atomic E-state index is 13.9. The van der Waals surface area contributed by atoms with Crippen LogP contribution in [0.4, 0.5) is 0 Å². The van der Waals surface area contributed by atoms with E-state index in [1.54, 1.807) is 42.5 Å². The number of amides is 5. The van der Waals surface area contributed by atoms with Crippen LogP contribution in [-0.2, 0) is 36.8 Å². The topological polar surface area (TPSA) is 335 Å². The van der Waals surface area contributed by atoms with Crippen LogP contribution in [-0.4, -0.2) is 89.9 Å². The second-order valence-corrected chi connectivity index (χ2v) is 12.2. The molecule has 5 atom stereocenters. The highest BCUT2D eigenvalue weighted by molar-refractivity contribution is 5.96. The molecule has 2 aromatic carbocycles. The van der Waals surface area contributed by atoms with E-state index >= 15 is 0 Å². The summed E-state index contributed by atoms with van der Waals surface area (Å²) in [4.78, 5) is 73.7. The van der Waals surface area contributed by atoms with E-state index in [0.29, 0.717) is 30.5 Å². The predicted molar refractivity (Wildman–Crippen MR) is 197 cm³/mol. The molecule has 284 valence electrons. The molecule has 52 heavy (non-hydrogen) atoms. The number of hydrogen-bond acceptors (Lipinski definition) is 9. The molecule has 0 unspecified atom stereocenters. The third-order valence-corrected chi connectivity index (χ3v) is 7.84. The van der Waals surface area contributed by atoms with Gasteiger partial charge in [0, 0.05) is 25.9 Å². The van der Waals surface area contributed by atoms with Gasteiger partial charge in [0.2, 0.25) is 29.5 Å². The van der Waals surface area contributed by atoms with Crippen molar-refractivity contribution in [3.63, 3.8) is 0 Å². The Bertz CT molecular complexity index is 1530. The monoisotopic (exact) mass is 724 g/mol. The first-order valence-electron chi connectivity index (χ1n) is 16.8. The Morgan fingerprint density at radius 3 is 1.65 bits per heavy atom. The van der Waals surface area contributed by atoms with Gasteiger partial charge in [0.15, 0.2) is 11.9 Å². The molecule has 0 heterocycles. The van der Waals surface area contributed by atoms with Crippen LogP contribution in [0.5, 0.6) is 5.75 Å². The molecule has 0 radical (unpaired) electrons. The van der Waals surface area contributed by atoms with Crippen molar-refractivity contribution in [2.24, 2.45) is 44.4 Å². The lowest BCUT2D eigenvalue weighted by atomic mass is 10.0. The number of guanidine groups is 2. The van der Waals surface area contributed by atoms with Crippen LogP contribution in [0.3, 0.4) is 0 Å². The molecule has 2 rings (SSSR count). The van der Waals surface area contributed by atoms with Gasteiger partial charge in [-0.3, -0.25) is 34.0 Å². The Balaban J connectivity index is 2.33. The van der Waals surface area contributed by atoms with E-state index < -0.39 is 59.7 Å². The van der Waals surface area contributed by atoms with Crippen molar-refractivity contribution in [2.45, 2.75) is 82.1 Å². The molecule has 0 bridgehead atoms. The number of aromatic hydroxyl groups is 1. The summed E-state index contributed by atoms with van der Waals surface area (Å²) in [5.74, 6) is -3.65. The fourth-order valence-electron chi connectivity index (χ4n) is 4.93. The molecule has 0 saturated heterocycles. The van der Waals surface area contributed by atoms with Crippen molar-refractivity contribution < 1.29 is 29.1 Å². The molecule has 0 aromatic heterocycles. The van der Waals surface area contributed by atoms with E-state index in [2.05, 4.69) is 31.3 Å². The number of carbonyl (C=O) groups is 5. The van der Waals surface area contributed by atoms with Crippen molar-refractivity contribution in [3.8, 4) is 5.75 Å². The average molecular weight is 725 g/mol. The fraction of sp³-hybridized carbons (Fsp3) is 0.441. The number of primary amides is 1. The minimum Gasteiger partial charge on any atom is -0.508 e. The van der Waals surface area contributed by atoms with Gasteiger partial charge in [0.05, 0.1) is 6.04 Å². The van der Waals surface area contributed by atoms with Crippen LogP contribution < -0.4 is 55.7 Å². The summed E-state index contributed by atoms with van der Waals surface area (Å²) in [5.41, 5.74) is 34.4. The van der Waals surface area contributed by atoms with E-state index in [1.165, 1.54) is 19.1 Å². The number of carbonyl (C=O) groups excluding carboxylic acids is 5. The number of benzene rings is 2. The van der Waals surface area contributed by atoms with Gasteiger partial charge < -0.3 is 60.8 Å². The Labute approximate surface area is 302 Å². The zero-order valence-corrected chi connectivity index (χ0v) is 29.3. The first-order chi connectivity index (χ1) is 24.7. The maximum absolute atomic E-state index is 13.9. The summed E-state index contributed by atoms with van der Waals surface area (Å²) in [7, 11) is 0. The quantitative estimate of drug-likeness (QED) is 0.0341. The number of nitrogens with two attached hydrogens (primary N) is 6. The highest BCUT2D eigenvalue weighted by atomic mass is 16.3. The van der Waals surface area contributed by atoms with Crippen LogP contribution in [0, 0.1) is 0 Å². The summed E-state index contributed by atoms with van der Waals surface area (Å²) in [6, 6.07) is 9.36. The zero-order chi connectivity index (χ0) is 38.6. The van der Waals surface area contributed by atoms with E-state index in [-0.39, 0.29) is 56.3 Å². The average Bonchev–Trinajstić information content (AvgIpc) is 3.09. The van der Waals surface area contributed by atoms with Crippen LogP contribution in [0.15, 0.2) is 64.6 Å². The first-order valence-corrected chi connectivity index (χ1v) is 16.8. The Morgan fingerprint density at radius 1 is 0.615 bits per heavy atom. The maximum Gasteiger partial charge on any atom is 0.243 e. The summed E-state index contributed by atoms with van der Waals surface area (Å²) >= 11 is 0. The Morgan fingerprint density at radius 2 is 1.10 bits per heavy atom. The van der Waals surface area contributed by atoms with E-state index in [9.17, 15) is 29.1 Å². The molecule has 2 aromatic rings. The standard InChI is InChI=1S/C34H52N12O6/c1-20(28(36)48)43-31(51)26(18-21-8-3-2-4-9-21)46-30(50)25(11-7-17-42-34(39)40)44-32(52)27(19-22-12-14-23(47)15-13-22)45-29(49)24(35)10-5-6-16-41-33(37)38/h2-4,8-9,12-15,20,24-27,47H,5-7,10-11,16-19,35H2,1H3,(H2,36,48)(H,43,51)(H,44,52)(H,45,49)(H,46,50)(H4,37,38,41)(H4,39,40,42)/t20-,24+,25-,26+,27+/m1/s1. The number of nitrogens with one attached hydrogen (secondary N) is 4. The van der Waals surface area contributed by atoms with Crippen molar-refractivity contribution in [1.29, 1.82) is 0 Å². The van der Waals surface area contributed by atoms with E-state index in [1.807, 2.05) is 0 Å². The lowest BCUT2D eigenvalue weighted by Gasteiger charge is -2.26. The molecule has 18 nitrogen and oxygen atoms in total. The number of nitrogens with zero attached hydrogens (tertiary/aromatic N) is 2. The van der Waals surface area contributed by atoms with Crippen molar-refractivity contribution in [1.82, 2.24) is 21.3 Å². The Hall–Kier alpha value is -5.91. The third-order valence-electron chi connectivity index (χ3n) is 7.84. The molecule has 0 aliphatic heterocycles. The lowest BCUT2D eigenvalue weighted by molar-refractivity contribution is -0.134. The molecule has 0 aliphatic carbocycles. The molecule has 0 spiro atoms. The second-order valence-electron chi connectivity index (χ2n) is 12.2. The van der Waals surface area contributed by atoms with Crippen molar-refractivity contribution in [3.05, 3.63) is 65.7 Å². The normalized spacial score (nSPS) is 13.6. The number of rotatable bonds is 22. The van der Waals surface area contributed by atoms with E-state index in [0.717, 1.165) is 0 Å². The molecular formula is C34H52N12O6. The summed E-state index contributed by atoms with van der Waals surface area (Å²) < 4.78 is 0. The highest BCUT2D eigenvalue weighted by Gasteiger charge is 2.31. The number of phenolic OH excluding ortho intramolecular Hbond substituents is 1. The van der Waals surface area contributed by atoms with Crippen molar-refractivity contribution >= 4 is 41.5 Å². The largest absolute Gasteiger partial charge is 0.508 e. The van der Waals surface area contributed by atoms with Gasteiger partial charge in [0.25, 0.3) is 0 Å². The van der Waals surface area contributed by atoms with Gasteiger partial charge >= 0.3 is 0 Å². The van der Waals surface area contributed by atoms with Crippen molar-refractivity contribution in [2.75, 3.05) is 13.1 Å². The predicted octanol–water partition coefficient (Wildman–Crippen LogP) is -2.55. The molecule has 5 amide bonds. The number of aliphatic imine (C=N–C) groups is 2. The number of phenols is 1. The van der Waals surface area contributed by atoms with Crippen LogP contribution in [0.25, 0.3) is 0 Å². The van der Waals surface area contributed by atoms with Gasteiger partial charge in [-0.2, -0.15) is 0 Å². The summed E-state index contributed by atoms with van der Waals surface area (Å²) in [6.45, 7) is 1.92. The molecule has 0 fully saturated rings. The first kappa shape index (κ1) is 42.3. The number of unbranched alkanes of at least 4 members (excludes halogenated alkanes) is 1. The van der Waals surface area contributed by atoms with Crippen LogP contribution >= 0.6 is 0 Å². The van der Waals surface area contributed by atoms with E-state index in [4.69, 9.17) is 34.4 Å². The molecule has 18 heteroatoms. The van der Waals surface area contributed by atoms with Gasteiger partial charge in [-0.15, -0.1) is 0 Å². The highest BCUT2D eigenvalue weighted by Crippen LogP contribution is 2.13. The van der Waals surface area contributed by atoms with Gasteiger partial charge in [0.1, 0.15) is 29.9 Å². The zero-order valence-electron chi connectivity index (χ0n) is 29.3. The Kier molecular flexibility index (Phi) is 17.9. The molecule has 0 aliphatic rings. The minimum atomic E-state index is -1.22. The summed E-state index contributed by atoms with van der Waals surface area (Å²) in [5, 5.41) is 20.4. The second kappa shape index (κ2) is 22.0. The molecule has 17 N–H and O–H groups in total. The number of hydrogen-bond donors (Lipinski definition) is 11. The van der Waals surface area contributed by atoms with Crippen LogP contribution in [0.1, 0.15) is 50.2 Å². The summed E-state index contributed by atoms with van der Waals surface area (Å²) in [6.07, 6.45) is 1.74. The van der Waals surface area contributed by atoms with Gasteiger partial charge in [-0.05, 0) is 62.3 Å². The van der Waals surface area contributed by atoms with Crippen LogP contribution in [0.2, 0.25) is 0 Å². The molecule has 0 saturated carbocycles. The van der Waals surface area contributed by atoms with Gasteiger partial charge in [-0.25, -0.2) is 0 Å². The van der Waals surface area contributed by atoms with Gasteiger partial charge in [-0.1, -0.05) is 42.5 Å². The fourth-order valence-corrected chi connectivity index (χ4v) is 4.93. The SMILES string of the molecule is C[C@@H](NC(=O)[C@H](Cc1ccccc1)NC(=O)[C@@H](CCCN=C(N)N)NC(=O)[C@H](Cc1ccc(O)cc1)NC(=O)[C@@H](N)CCCCN=C(N)N)C(N)=O.